The molecule has 0 radical (unpaired) electrons. The average molecular weight is 239 g/mol. The van der Waals surface area contributed by atoms with Gasteiger partial charge >= 0.3 is 0 Å². The molecule has 1 aliphatic rings. The van der Waals surface area contributed by atoms with Crippen LogP contribution in [0.4, 0.5) is 8.78 Å². The van der Waals surface area contributed by atoms with E-state index >= 15 is 0 Å². The van der Waals surface area contributed by atoms with Crippen LogP contribution in [-0.4, -0.2) is 13.1 Å². The summed E-state index contributed by atoms with van der Waals surface area (Å²) < 4.78 is 27.6. The van der Waals surface area contributed by atoms with Gasteiger partial charge in [-0.1, -0.05) is 43.7 Å². The summed E-state index contributed by atoms with van der Waals surface area (Å²) >= 11 is 0. The zero-order valence-corrected chi connectivity index (χ0v) is 10.2. The standard InChI is InChI=1S/C14H19F2N/c1-13(8-5-9-13)10-17-11-14(15,16)12-6-3-2-4-7-12/h2-4,6-7,17H,5,8-11H2,1H3. The zero-order valence-electron chi connectivity index (χ0n) is 10.2. The van der Waals surface area contributed by atoms with Crippen molar-refractivity contribution in [2.45, 2.75) is 32.1 Å². The van der Waals surface area contributed by atoms with Crippen LogP contribution in [0.5, 0.6) is 0 Å². The quantitative estimate of drug-likeness (QED) is 0.828. The first-order chi connectivity index (χ1) is 8.02. The molecule has 1 fully saturated rings. The zero-order chi connectivity index (χ0) is 12.4. The lowest BCUT2D eigenvalue weighted by Gasteiger charge is -2.39. The first-order valence-electron chi connectivity index (χ1n) is 6.16. The molecule has 0 unspecified atom stereocenters. The third-order valence-electron chi connectivity index (χ3n) is 3.66. The first kappa shape index (κ1) is 12.5. The molecule has 0 aromatic heterocycles. The molecule has 0 spiro atoms. The minimum Gasteiger partial charge on any atom is -0.310 e. The van der Waals surface area contributed by atoms with Crippen LogP contribution in [0.2, 0.25) is 0 Å². The van der Waals surface area contributed by atoms with E-state index in [1.807, 2.05) is 0 Å². The van der Waals surface area contributed by atoms with Gasteiger partial charge in [0.25, 0.3) is 5.92 Å². The Hall–Kier alpha value is -0.960. The molecule has 1 saturated carbocycles. The smallest absolute Gasteiger partial charge is 0.285 e. The molecule has 1 aromatic rings. The van der Waals surface area contributed by atoms with Crippen LogP contribution in [0.3, 0.4) is 0 Å². The predicted octanol–water partition coefficient (Wildman–Crippen LogP) is 3.56. The van der Waals surface area contributed by atoms with Gasteiger partial charge in [0, 0.05) is 12.1 Å². The summed E-state index contributed by atoms with van der Waals surface area (Å²) in [5.41, 5.74) is 0.332. The van der Waals surface area contributed by atoms with E-state index in [0.717, 1.165) is 12.8 Å². The number of hydrogen-bond donors (Lipinski definition) is 1. The minimum atomic E-state index is -2.78. The maximum atomic E-state index is 13.8. The van der Waals surface area contributed by atoms with Crippen LogP contribution in [0.15, 0.2) is 30.3 Å². The van der Waals surface area contributed by atoms with Crippen molar-refractivity contribution >= 4 is 0 Å². The molecule has 0 saturated heterocycles. The van der Waals surface area contributed by atoms with E-state index in [0.29, 0.717) is 6.54 Å². The van der Waals surface area contributed by atoms with Crippen molar-refractivity contribution in [1.29, 1.82) is 0 Å². The Balaban J connectivity index is 1.85. The molecule has 0 bridgehead atoms. The first-order valence-corrected chi connectivity index (χ1v) is 6.16. The molecule has 1 nitrogen and oxygen atoms in total. The second-order valence-electron chi connectivity index (χ2n) is 5.34. The monoisotopic (exact) mass is 239 g/mol. The van der Waals surface area contributed by atoms with Gasteiger partial charge in [-0.15, -0.1) is 0 Å². The van der Waals surface area contributed by atoms with Gasteiger partial charge < -0.3 is 5.32 Å². The lowest BCUT2D eigenvalue weighted by molar-refractivity contribution is -0.00748. The van der Waals surface area contributed by atoms with Gasteiger partial charge in [0.1, 0.15) is 0 Å². The third-order valence-corrected chi connectivity index (χ3v) is 3.66. The van der Waals surface area contributed by atoms with E-state index in [2.05, 4.69) is 12.2 Å². The highest BCUT2D eigenvalue weighted by atomic mass is 19.3. The molecule has 0 heterocycles. The van der Waals surface area contributed by atoms with Crippen LogP contribution >= 0.6 is 0 Å². The largest absolute Gasteiger partial charge is 0.310 e. The fourth-order valence-corrected chi connectivity index (χ4v) is 2.26. The fourth-order valence-electron chi connectivity index (χ4n) is 2.26. The van der Waals surface area contributed by atoms with E-state index in [1.165, 1.54) is 18.6 Å². The van der Waals surface area contributed by atoms with E-state index < -0.39 is 5.92 Å². The van der Waals surface area contributed by atoms with Gasteiger partial charge in [0.15, 0.2) is 0 Å². The molecule has 94 valence electrons. The van der Waals surface area contributed by atoms with Crippen LogP contribution in [0.1, 0.15) is 31.7 Å². The van der Waals surface area contributed by atoms with Crippen molar-refractivity contribution in [2.75, 3.05) is 13.1 Å². The normalized spacial score (nSPS) is 18.8. The van der Waals surface area contributed by atoms with Crippen LogP contribution < -0.4 is 5.32 Å². The van der Waals surface area contributed by atoms with Crippen molar-refractivity contribution in [3.05, 3.63) is 35.9 Å². The highest BCUT2D eigenvalue weighted by molar-refractivity contribution is 5.20. The summed E-state index contributed by atoms with van der Waals surface area (Å²) in [7, 11) is 0. The number of hydrogen-bond acceptors (Lipinski definition) is 1. The summed E-state index contributed by atoms with van der Waals surface area (Å²) in [4.78, 5) is 0. The summed E-state index contributed by atoms with van der Waals surface area (Å²) in [5, 5.41) is 2.92. The summed E-state index contributed by atoms with van der Waals surface area (Å²) in [6.07, 6.45) is 3.53. The van der Waals surface area contributed by atoms with Gasteiger partial charge in [-0.05, 0) is 18.3 Å². The Morgan fingerprint density at radius 2 is 1.88 bits per heavy atom. The van der Waals surface area contributed by atoms with Gasteiger partial charge in [0.2, 0.25) is 0 Å². The van der Waals surface area contributed by atoms with E-state index in [-0.39, 0.29) is 17.5 Å². The second kappa shape index (κ2) is 4.73. The molecule has 1 aromatic carbocycles. The van der Waals surface area contributed by atoms with E-state index in [9.17, 15) is 8.78 Å². The molecule has 0 atom stereocenters. The maximum absolute atomic E-state index is 13.8. The number of benzene rings is 1. The van der Waals surface area contributed by atoms with Gasteiger partial charge in [-0.2, -0.15) is 8.78 Å². The lowest BCUT2D eigenvalue weighted by atomic mass is 9.70. The number of alkyl halides is 2. The SMILES string of the molecule is CC1(CNCC(F)(F)c2ccccc2)CCC1. The molecule has 17 heavy (non-hydrogen) atoms. The Labute approximate surface area is 101 Å². The summed E-state index contributed by atoms with van der Waals surface area (Å²) in [6.45, 7) is 2.58. The average Bonchev–Trinajstić information content (AvgIpc) is 2.28. The number of rotatable bonds is 5. The maximum Gasteiger partial charge on any atom is 0.285 e. The number of nitrogens with one attached hydrogen (secondary N) is 1. The summed E-state index contributed by atoms with van der Waals surface area (Å²) in [6, 6.07) is 8.01. The minimum absolute atomic E-state index is 0.0891. The fraction of sp³-hybridized carbons (Fsp3) is 0.571. The Morgan fingerprint density at radius 1 is 1.24 bits per heavy atom. The number of halogens is 2. The van der Waals surface area contributed by atoms with Crippen LogP contribution in [0, 0.1) is 5.41 Å². The molecule has 2 rings (SSSR count). The van der Waals surface area contributed by atoms with Gasteiger partial charge in [-0.3, -0.25) is 0 Å². The molecule has 3 heteroatoms. The third kappa shape index (κ3) is 3.03. The topological polar surface area (TPSA) is 12.0 Å². The Kier molecular flexibility index (Phi) is 3.48. The second-order valence-corrected chi connectivity index (χ2v) is 5.34. The van der Waals surface area contributed by atoms with Crippen molar-refractivity contribution in [1.82, 2.24) is 5.32 Å². The van der Waals surface area contributed by atoms with Gasteiger partial charge in [0.05, 0.1) is 6.54 Å². The molecule has 1 aliphatic carbocycles. The molecule has 0 aliphatic heterocycles. The van der Waals surface area contributed by atoms with Crippen molar-refractivity contribution < 1.29 is 8.78 Å². The van der Waals surface area contributed by atoms with Crippen molar-refractivity contribution in [3.63, 3.8) is 0 Å². The van der Waals surface area contributed by atoms with E-state index in [4.69, 9.17) is 0 Å². The Bertz CT molecular complexity index is 358. The van der Waals surface area contributed by atoms with Gasteiger partial charge in [-0.25, -0.2) is 0 Å². The van der Waals surface area contributed by atoms with Crippen LogP contribution in [0.25, 0.3) is 0 Å². The molecular weight excluding hydrogens is 220 g/mol. The molecular formula is C14H19F2N. The molecule has 0 amide bonds. The van der Waals surface area contributed by atoms with Crippen LogP contribution in [-0.2, 0) is 5.92 Å². The van der Waals surface area contributed by atoms with E-state index in [1.54, 1.807) is 18.2 Å². The highest BCUT2D eigenvalue weighted by Gasteiger charge is 2.34. The van der Waals surface area contributed by atoms with Crippen molar-refractivity contribution in [2.24, 2.45) is 5.41 Å². The Morgan fingerprint density at radius 3 is 2.41 bits per heavy atom. The molecule has 1 N–H and O–H groups in total. The lowest BCUT2D eigenvalue weighted by Crippen LogP contribution is -2.41. The highest BCUT2D eigenvalue weighted by Crippen LogP contribution is 2.39. The van der Waals surface area contributed by atoms with Crippen molar-refractivity contribution in [3.8, 4) is 0 Å². The predicted molar refractivity (Wildman–Crippen MR) is 65.2 cm³/mol. The summed E-state index contributed by atoms with van der Waals surface area (Å²) in [5.74, 6) is -2.78.